The van der Waals surface area contributed by atoms with Crippen LogP contribution in [0.1, 0.15) is 5.56 Å². The summed E-state index contributed by atoms with van der Waals surface area (Å²) in [6, 6.07) is 8.17. The molecule has 4 nitrogen and oxygen atoms in total. The van der Waals surface area contributed by atoms with Gasteiger partial charge in [0.2, 0.25) is 5.91 Å². The molecule has 0 aliphatic rings. The number of aromatic nitrogens is 1. The number of pyridine rings is 1. The first-order chi connectivity index (χ1) is 10.3. The molecule has 2 rings (SSSR count). The number of hydrogen-bond donors (Lipinski definition) is 1. The van der Waals surface area contributed by atoms with E-state index in [4.69, 9.17) is 0 Å². The second kappa shape index (κ2) is 6.35. The second-order valence-electron chi connectivity index (χ2n) is 4.44. The SMILES string of the molecule is O=C(Cn1cc(C(F)(F)F)ccc1=O)Nc1cccc(Br)c1. The van der Waals surface area contributed by atoms with Gasteiger partial charge in [0, 0.05) is 22.4 Å². The molecule has 0 spiro atoms. The number of benzene rings is 1. The van der Waals surface area contributed by atoms with E-state index in [0.29, 0.717) is 18.0 Å². The van der Waals surface area contributed by atoms with Crippen molar-refractivity contribution in [1.29, 1.82) is 0 Å². The largest absolute Gasteiger partial charge is 0.417 e. The van der Waals surface area contributed by atoms with Crippen LogP contribution in [0.4, 0.5) is 18.9 Å². The maximum absolute atomic E-state index is 12.6. The summed E-state index contributed by atoms with van der Waals surface area (Å²) in [5, 5.41) is 2.51. The molecular weight excluding hydrogens is 365 g/mol. The van der Waals surface area contributed by atoms with Crippen LogP contribution in [0.5, 0.6) is 0 Å². The minimum atomic E-state index is -4.57. The first kappa shape index (κ1) is 16.3. The third-order valence-corrected chi connectivity index (χ3v) is 3.23. The molecule has 8 heteroatoms. The zero-order chi connectivity index (χ0) is 16.3. The van der Waals surface area contributed by atoms with E-state index in [1.165, 1.54) is 0 Å². The van der Waals surface area contributed by atoms with Crippen LogP contribution >= 0.6 is 15.9 Å². The third kappa shape index (κ3) is 4.20. The monoisotopic (exact) mass is 374 g/mol. The zero-order valence-corrected chi connectivity index (χ0v) is 12.6. The van der Waals surface area contributed by atoms with Crippen LogP contribution in [0, 0.1) is 0 Å². The predicted molar refractivity (Wildman–Crippen MR) is 78.5 cm³/mol. The number of anilines is 1. The van der Waals surface area contributed by atoms with Gasteiger partial charge in [-0.05, 0) is 24.3 Å². The number of amides is 1. The summed E-state index contributed by atoms with van der Waals surface area (Å²) in [6.07, 6.45) is -3.95. The lowest BCUT2D eigenvalue weighted by molar-refractivity contribution is -0.138. The van der Waals surface area contributed by atoms with Gasteiger partial charge in [0.05, 0.1) is 5.56 Å². The standard InChI is InChI=1S/C14H10BrF3N2O2/c15-10-2-1-3-11(6-10)19-12(21)8-20-7-9(14(16,17)18)4-5-13(20)22/h1-7H,8H2,(H,19,21). The van der Waals surface area contributed by atoms with E-state index in [1.54, 1.807) is 24.3 Å². The van der Waals surface area contributed by atoms with Gasteiger partial charge in [0.1, 0.15) is 6.54 Å². The van der Waals surface area contributed by atoms with Crippen LogP contribution < -0.4 is 10.9 Å². The van der Waals surface area contributed by atoms with E-state index in [0.717, 1.165) is 15.1 Å². The molecule has 0 saturated carbocycles. The maximum Gasteiger partial charge on any atom is 0.417 e. The van der Waals surface area contributed by atoms with E-state index in [2.05, 4.69) is 21.2 Å². The van der Waals surface area contributed by atoms with E-state index in [1.807, 2.05) is 0 Å². The number of rotatable bonds is 3. The van der Waals surface area contributed by atoms with Crippen LogP contribution in [0.2, 0.25) is 0 Å². The van der Waals surface area contributed by atoms with Crippen LogP contribution in [0.15, 0.2) is 51.9 Å². The second-order valence-corrected chi connectivity index (χ2v) is 5.36. The number of carbonyl (C=O) groups excluding carboxylic acids is 1. The van der Waals surface area contributed by atoms with Gasteiger partial charge in [-0.3, -0.25) is 9.59 Å². The molecule has 1 N–H and O–H groups in total. The Bertz CT molecular complexity index is 756. The van der Waals surface area contributed by atoms with Gasteiger partial charge >= 0.3 is 6.18 Å². The fourth-order valence-electron chi connectivity index (χ4n) is 1.74. The molecule has 0 bridgehead atoms. The fraction of sp³-hybridized carbons (Fsp3) is 0.143. The lowest BCUT2D eigenvalue weighted by Gasteiger charge is -2.11. The number of alkyl halides is 3. The highest BCUT2D eigenvalue weighted by Crippen LogP contribution is 2.28. The normalized spacial score (nSPS) is 11.3. The van der Waals surface area contributed by atoms with Gasteiger partial charge in [0.15, 0.2) is 0 Å². The molecule has 2 aromatic rings. The summed E-state index contributed by atoms with van der Waals surface area (Å²) < 4.78 is 39.3. The van der Waals surface area contributed by atoms with Crippen molar-refractivity contribution in [3.05, 3.63) is 63.0 Å². The van der Waals surface area contributed by atoms with E-state index < -0.39 is 29.8 Å². The quantitative estimate of drug-likeness (QED) is 0.896. The summed E-state index contributed by atoms with van der Waals surface area (Å²) in [6.45, 7) is -0.505. The molecular formula is C14H10BrF3N2O2. The van der Waals surface area contributed by atoms with Crippen LogP contribution in [0.3, 0.4) is 0 Å². The van der Waals surface area contributed by atoms with Crippen molar-refractivity contribution in [2.24, 2.45) is 0 Å². The molecule has 0 atom stereocenters. The molecule has 1 amide bonds. The highest BCUT2D eigenvalue weighted by atomic mass is 79.9. The minimum Gasteiger partial charge on any atom is -0.324 e. The average Bonchev–Trinajstić information content (AvgIpc) is 2.40. The predicted octanol–water partition coefficient (Wildman–Crippen LogP) is 3.27. The minimum absolute atomic E-state index is 0.472. The Kier molecular flexibility index (Phi) is 4.70. The van der Waals surface area contributed by atoms with E-state index in [9.17, 15) is 22.8 Å². The number of halogens is 4. The van der Waals surface area contributed by atoms with E-state index in [-0.39, 0.29) is 0 Å². The van der Waals surface area contributed by atoms with Crippen molar-refractivity contribution in [2.45, 2.75) is 12.7 Å². The smallest absolute Gasteiger partial charge is 0.324 e. The first-order valence-corrected chi connectivity index (χ1v) is 6.88. The Labute approximate surface area is 131 Å². The topological polar surface area (TPSA) is 51.1 Å². The van der Waals surface area contributed by atoms with Crippen molar-refractivity contribution < 1.29 is 18.0 Å². The lowest BCUT2D eigenvalue weighted by atomic mass is 10.2. The van der Waals surface area contributed by atoms with Crippen molar-refractivity contribution in [3.8, 4) is 0 Å². The van der Waals surface area contributed by atoms with Crippen molar-refractivity contribution in [3.63, 3.8) is 0 Å². The zero-order valence-electron chi connectivity index (χ0n) is 11.0. The van der Waals surface area contributed by atoms with Crippen LogP contribution in [-0.4, -0.2) is 10.5 Å². The molecule has 0 aliphatic carbocycles. The van der Waals surface area contributed by atoms with Crippen LogP contribution in [-0.2, 0) is 17.5 Å². The van der Waals surface area contributed by atoms with E-state index >= 15 is 0 Å². The Morgan fingerprint density at radius 2 is 1.95 bits per heavy atom. The molecule has 0 aliphatic heterocycles. The Morgan fingerprint density at radius 1 is 1.23 bits per heavy atom. The van der Waals surface area contributed by atoms with Crippen molar-refractivity contribution in [1.82, 2.24) is 4.57 Å². The summed E-state index contributed by atoms with van der Waals surface area (Å²) in [5.41, 5.74) is -1.20. The number of carbonyl (C=O) groups is 1. The van der Waals surface area contributed by atoms with Gasteiger partial charge in [0.25, 0.3) is 5.56 Å². The van der Waals surface area contributed by atoms with Gasteiger partial charge in [-0.15, -0.1) is 0 Å². The molecule has 0 saturated heterocycles. The fourth-order valence-corrected chi connectivity index (χ4v) is 2.14. The molecule has 22 heavy (non-hydrogen) atoms. The van der Waals surface area contributed by atoms with Crippen molar-refractivity contribution >= 4 is 27.5 Å². The molecule has 0 unspecified atom stereocenters. The van der Waals surface area contributed by atoms with Gasteiger partial charge in [-0.25, -0.2) is 0 Å². The Hall–Kier alpha value is -2.09. The Morgan fingerprint density at radius 3 is 2.59 bits per heavy atom. The molecule has 0 fully saturated rings. The summed E-state index contributed by atoms with van der Waals surface area (Å²) in [4.78, 5) is 23.4. The number of nitrogens with zero attached hydrogens (tertiary/aromatic N) is 1. The van der Waals surface area contributed by atoms with Crippen molar-refractivity contribution in [2.75, 3.05) is 5.32 Å². The maximum atomic E-state index is 12.6. The molecule has 0 radical (unpaired) electrons. The number of nitrogens with one attached hydrogen (secondary N) is 1. The first-order valence-electron chi connectivity index (χ1n) is 6.09. The molecule has 116 valence electrons. The van der Waals surface area contributed by atoms with Gasteiger partial charge in [-0.2, -0.15) is 13.2 Å². The average molecular weight is 375 g/mol. The lowest BCUT2D eigenvalue weighted by Crippen LogP contribution is -2.28. The summed E-state index contributed by atoms with van der Waals surface area (Å²) in [5.74, 6) is -0.598. The molecule has 1 aromatic carbocycles. The van der Waals surface area contributed by atoms with Gasteiger partial charge < -0.3 is 9.88 Å². The molecule has 1 aromatic heterocycles. The highest BCUT2D eigenvalue weighted by molar-refractivity contribution is 9.10. The summed E-state index contributed by atoms with van der Waals surface area (Å²) in [7, 11) is 0. The summed E-state index contributed by atoms with van der Waals surface area (Å²) >= 11 is 3.23. The van der Waals surface area contributed by atoms with Gasteiger partial charge in [-0.1, -0.05) is 22.0 Å². The number of hydrogen-bond acceptors (Lipinski definition) is 2. The van der Waals surface area contributed by atoms with Crippen LogP contribution in [0.25, 0.3) is 0 Å². The molecule has 1 heterocycles. The third-order valence-electron chi connectivity index (χ3n) is 2.73. The Balaban J connectivity index is 2.16. The highest BCUT2D eigenvalue weighted by Gasteiger charge is 2.31.